The summed E-state index contributed by atoms with van der Waals surface area (Å²) in [6.45, 7) is 3.08. The minimum Gasteiger partial charge on any atom is -0.310 e. The zero-order valence-corrected chi connectivity index (χ0v) is 11.4. The molecule has 1 aliphatic carbocycles. The first kappa shape index (κ1) is 14.2. The number of rotatable bonds is 6. The van der Waals surface area contributed by atoms with Gasteiger partial charge >= 0.3 is 0 Å². The second-order valence-electron chi connectivity index (χ2n) is 5.13. The summed E-state index contributed by atoms with van der Waals surface area (Å²) >= 11 is 0. The molecule has 0 saturated heterocycles. The molecule has 0 bridgehead atoms. The molecule has 3 heteroatoms. The number of hydrogen-bond donors (Lipinski definition) is 1. The third kappa shape index (κ3) is 3.87. The van der Waals surface area contributed by atoms with Crippen LogP contribution in [0.3, 0.4) is 0 Å². The summed E-state index contributed by atoms with van der Waals surface area (Å²) < 4.78 is 26.2. The molecule has 1 aliphatic rings. The highest BCUT2D eigenvalue weighted by atomic mass is 19.2. The molecular weight excluding hydrogens is 244 g/mol. The van der Waals surface area contributed by atoms with E-state index in [1.54, 1.807) is 6.07 Å². The van der Waals surface area contributed by atoms with E-state index >= 15 is 0 Å². The van der Waals surface area contributed by atoms with Crippen LogP contribution < -0.4 is 5.32 Å². The summed E-state index contributed by atoms with van der Waals surface area (Å²) in [5.41, 5.74) is 2.26. The first-order valence-corrected chi connectivity index (χ1v) is 7.07. The van der Waals surface area contributed by atoms with Gasteiger partial charge in [-0.1, -0.05) is 24.6 Å². The van der Waals surface area contributed by atoms with Crippen molar-refractivity contribution in [3.8, 4) is 0 Å². The van der Waals surface area contributed by atoms with Crippen LogP contribution in [-0.4, -0.2) is 12.6 Å². The van der Waals surface area contributed by atoms with Gasteiger partial charge in [0, 0.05) is 6.04 Å². The quantitative estimate of drug-likeness (QED) is 0.767. The molecule has 0 aromatic heterocycles. The predicted octanol–water partition coefficient (Wildman–Crippen LogP) is 3.99. The molecule has 0 aliphatic heterocycles. The molecule has 104 valence electrons. The Balaban J connectivity index is 2.07. The molecule has 0 radical (unpaired) electrons. The number of halogens is 2. The van der Waals surface area contributed by atoms with Crippen LogP contribution in [0.4, 0.5) is 8.78 Å². The lowest BCUT2D eigenvalue weighted by molar-refractivity contribution is 0.503. The van der Waals surface area contributed by atoms with E-state index in [-0.39, 0.29) is 6.04 Å². The zero-order valence-electron chi connectivity index (χ0n) is 11.4. The molecule has 2 rings (SSSR count). The molecule has 0 heterocycles. The van der Waals surface area contributed by atoms with E-state index in [2.05, 4.69) is 18.3 Å². The summed E-state index contributed by atoms with van der Waals surface area (Å²) in [5, 5.41) is 3.51. The summed E-state index contributed by atoms with van der Waals surface area (Å²) in [4.78, 5) is 0. The molecule has 1 N–H and O–H groups in total. The normalized spacial score (nSPS) is 16.5. The summed E-state index contributed by atoms with van der Waals surface area (Å²) in [6, 6.07) is 4.46. The van der Waals surface area contributed by atoms with Crippen molar-refractivity contribution in [3.05, 3.63) is 47.0 Å². The van der Waals surface area contributed by atoms with Crippen LogP contribution >= 0.6 is 0 Å². The van der Waals surface area contributed by atoms with Crippen molar-refractivity contribution in [1.29, 1.82) is 0 Å². The number of benzene rings is 1. The first-order chi connectivity index (χ1) is 9.20. The van der Waals surface area contributed by atoms with Crippen LogP contribution in [0.2, 0.25) is 0 Å². The molecule has 0 saturated carbocycles. The minimum atomic E-state index is -0.776. The van der Waals surface area contributed by atoms with Gasteiger partial charge < -0.3 is 5.32 Å². The van der Waals surface area contributed by atoms with E-state index in [1.807, 2.05) is 0 Å². The maximum absolute atomic E-state index is 13.2. The zero-order chi connectivity index (χ0) is 13.7. The van der Waals surface area contributed by atoms with E-state index in [1.165, 1.54) is 24.1 Å². The van der Waals surface area contributed by atoms with Gasteiger partial charge in [0.25, 0.3) is 0 Å². The molecule has 1 aromatic carbocycles. The monoisotopic (exact) mass is 265 g/mol. The van der Waals surface area contributed by atoms with Crippen LogP contribution in [0.15, 0.2) is 29.8 Å². The Hall–Kier alpha value is -1.22. The van der Waals surface area contributed by atoms with Crippen molar-refractivity contribution in [3.63, 3.8) is 0 Å². The molecule has 1 unspecified atom stereocenters. The van der Waals surface area contributed by atoms with Crippen LogP contribution in [0, 0.1) is 11.6 Å². The maximum Gasteiger partial charge on any atom is 0.159 e. The van der Waals surface area contributed by atoms with Gasteiger partial charge in [0.2, 0.25) is 0 Å². The van der Waals surface area contributed by atoms with Crippen LogP contribution in [0.25, 0.3) is 0 Å². The molecule has 19 heavy (non-hydrogen) atoms. The fourth-order valence-corrected chi connectivity index (χ4v) is 2.57. The lowest BCUT2D eigenvalue weighted by Crippen LogP contribution is -2.33. The van der Waals surface area contributed by atoms with Gasteiger partial charge in [0.15, 0.2) is 11.6 Å². The number of nitrogens with one attached hydrogen (secondary N) is 1. The highest BCUT2D eigenvalue weighted by Gasteiger charge is 2.17. The number of hydrogen-bond acceptors (Lipinski definition) is 1. The fourth-order valence-electron chi connectivity index (χ4n) is 2.57. The molecule has 0 spiro atoms. The Morgan fingerprint density at radius 1 is 1.26 bits per heavy atom. The van der Waals surface area contributed by atoms with E-state index < -0.39 is 11.6 Å². The van der Waals surface area contributed by atoms with Gasteiger partial charge in [-0.3, -0.25) is 0 Å². The average molecular weight is 265 g/mol. The van der Waals surface area contributed by atoms with Crippen LogP contribution in [0.1, 0.15) is 38.2 Å². The highest BCUT2D eigenvalue weighted by Crippen LogP contribution is 2.23. The SMILES string of the molecule is CCCNC(Cc1ccc(F)c(F)c1)C1=CCCC1. The Labute approximate surface area is 113 Å². The molecule has 1 aromatic rings. The van der Waals surface area contributed by atoms with Gasteiger partial charge in [-0.15, -0.1) is 0 Å². The van der Waals surface area contributed by atoms with Crippen molar-refractivity contribution >= 4 is 0 Å². The smallest absolute Gasteiger partial charge is 0.159 e. The molecule has 1 nitrogen and oxygen atoms in total. The third-order valence-electron chi connectivity index (χ3n) is 3.59. The lowest BCUT2D eigenvalue weighted by atomic mass is 9.98. The van der Waals surface area contributed by atoms with Crippen molar-refractivity contribution in [2.45, 2.75) is 45.1 Å². The Bertz CT molecular complexity index is 454. The largest absolute Gasteiger partial charge is 0.310 e. The van der Waals surface area contributed by atoms with E-state index in [0.29, 0.717) is 0 Å². The Morgan fingerprint density at radius 3 is 2.74 bits per heavy atom. The third-order valence-corrected chi connectivity index (χ3v) is 3.59. The standard InChI is InChI=1S/C16H21F2N/c1-2-9-19-16(13-5-3-4-6-13)11-12-7-8-14(17)15(18)10-12/h5,7-8,10,16,19H,2-4,6,9,11H2,1H3. The van der Waals surface area contributed by atoms with Crippen LogP contribution in [-0.2, 0) is 6.42 Å². The van der Waals surface area contributed by atoms with Gasteiger partial charge in [-0.2, -0.15) is 0 Å². The summed E-state index contributed by atoms with van der Waals surface area (Å²) in [6.07, 6.45) is 7.54. The van der Waals surface area contributed by atoms with Gasteiger partial charge in [0.05, 0.1) is 0 Å². The molecule has 0 fully saturated rings. The van der Waals surface area contributed by atoms with Gasteiger partial charge in [-0.25, -0.2) is 8.78 Å². The fraction of sp³-hybridized carbons (Fsp3) is 0.500. The van der Waals surface area contributed by atoms with Gasteiger partial charge in [0.1, 0.15) is 0 Å². The van der Waals surface area contributed by atoms with Crippen molar-refractivity contribution < 1.29 is 8.78 Å². The van der Waals surface area contributed by atoms with Crippen molar-refractivity contribution in [2.24, 2.45) is 0 Å². The predicted molar refractivity (Wildman–Crippen MR) is 74.1 cm³/mol. The minimum absolute atomic E-state index is 0.257. The molecule has 0 amide bonds. The molecular formula is C16H21F2N. The van der Waals surface area contributed by atoms with Crippen LogP contribution in [0.5, 0.6) is 0 Å². The Morgan fingerprint density at radius 2 is 2.11 bits per heavy atom. The van der Waals surface area contributed by atoms with E-state index in [0.717, 1.165) is 37.8 Å². The van der Waals surface area contributed by atoms with Crippen molar-refractivity contribution in [1.82, 2.24) is 5.32 Å². The summed E-state index contributed by atoms with van der Waals surface area (Å²) in [7, 11) is 0. The van der Waals surface area contributed by atoms with Crippen molar-refractivity contribution in [2.75, 3.05) is 6.54 Å². The lowest BCUT2D eigenvalue weighted by Gasteiger charge is -2.20. The van der Waals surface area contributed by atoms with E-state index in [9.17, 15) is 8.78 Å². The number of allylic oxidation sites excluding steroid dienone is 1. The second kappa shape index (κ2) is 6.80. The second-order valence-corrected chi connectivity index (χ2v) is 5.13. The van der Waals surface area contributed by atoms with E-state index in [4.69, 9.17) is 0 Å². The molecule has 1 atom stereocenters. The van der Waals surface area contributed by atoms with Gasteiger partial charge in [-0.05, 0) is 56.3 Å². The topological polar surface area (TPSA) is 12.0 Å². The highest BCUT2D eigenvalue weighted by molar-refractivity contribution is 5.24. The Kier molecular flexibility index (Phi) is 5.08. The summed E-state index contributed by atoms with van der Waals surface area (Å²) in [5.74, 6) is -1.53. The first-order valence-electron chi connectivity index (χ1n) is 7.07. The average Bonchev–Trinajstić information content (AvgIpc) is 2.92. The maximum atomic E-state index is 13.2.